The van der Waals surface area contributed by atoms with Gasteiger partial charge >= 0.3 is 0 Å². The number of nitrogens with one attached hydrogen (secondary N) is 1. The normalized spacial score (nSPS) is 20.0. The Hall–Kier alpha value is -1.60. The van der Waals surface area contributed by atoms with Gasteiger partial charge in [0.2, 0.25) is 10.0 Å². The summed E-state index contributed by atoms with van der Waals surface area (Å²) in [6.07, 6.45) is 4.27. The summed E-state index contributed by atoms with van der Waals surface area (Å²) in [6.45, 7) is 1.22. The fourth-order valence-electron chi connectivity index (χ4n) is 2.70. The van der Waals surface area contributed by atoms with E-state index in [4.69, 9.17) is 4.42 Å². The molecule has 0 spiro atoms. The minimum atomic E-state index is -3.18. The maximum absolute atomic E-state index is 11.3. The zero-order valence-electron chi connectivity index (χ0n) is 11.9. The van der Waals surface area contributed by atoms with Crippen molar-refractivity contribution >= 4 is 27.1 Å². The predicted octanol–water partition coefficient (Wildman–Crippen LogP) is 1.74. The summed E-state index contributed by atoms with van der Waals surface area (Å²) in [5, 5.41) is 0. The van der Waals surface area contributed by atoms with Crippen LogP contribution >= 0.6 is 0 Å². The molecule has 0 amide bonds. The minimum absolute atomic E-state index is 0.0848. The van der Waals surface area contributed by atoms with Crippen LogP contribution in [0.5, 0.6) is 0 Å². The van der Waals surface area contributed by atoms with Crippen molar-refractivity contribution < 1.29 is 12.8 Å². The van der Waals surface area contributed by atoms with Gasteiger partial charge in [-0.1, -0.05) is 12.1 Å². The molecule has 2 aromatic rings. The molecule has 1 aromatic heterocycles. The van der Waals surface area contributed by atoms with Crippen molar-refractivity contribution in [3.05, 3.63) is 24.3 Å². The van der Waals surface area contributed by atoms with Crippen molar-refractivity contribution in [3.63, 3.8) is 0 Å². The number of para-hydroxylation sites is 2. The van der Waals surface area contributed by atoms with Gasteiger partial charge in [-0.05, 0) is 31.4 Å². The third kappa shape index (κ3) is 3.36. The second kappa shape index (κ2) is 5.65. The first-order valence-corrected chi connectivity index (χ1v) is 8.99. The highest BCUT2D eigenvalue weighted by atomic mass is 32.2. The number of hydrogen-bond acceptors (Lipinski definition) is 5. The van der Waals surface area contributed by atoms with Crippen molar-refractivity contribution in [1.29, 1.82) is 0 Å². The molecule has 114 valence electrons. The Balaban J connectivity index is 1.83. The molecule has 0 saturated carbocycles. The molecule has 1 N–H and O–H groups in total. The monoisotopic (exact) mass is 309 g/mol. The zero-order chi connectivity index (χ0) is 14.9. The smallest absolute Gasteiger partial charge is 0.298 e. The maximum atomic E-state index is 11.3. The van der Waals surface area contributed by atoms with Crippen LogP contribution in [-0.2, 0) is 10.0 Å². The van der Waals surface area contributed by atoms with Crippen LogP contribution in [0, 0.1) is 0 Å². The fraction of sp³-hybridized carbons (Fsp3) is 0.500. The first-order valence-electron chi connectivity index (χ1n) is 7.10. The summed E-state index contributed by atoms with van der Waals surface area (Å²) < 4.78 is 31.0. The number of anilines is 1. The van der Waals surface area contributed by atoms with Crippen molar-refractivity contribution in [3.8, 4) is 0 Å². The summed E-state index contributed by atoms with van der Waals surface area (Å²) in [4.78, 5) is 6.58. The van der Waals surface area contributed by atoms with Crippen LogP contribution in [0.2, 0.25) is 0 Å². The zero-order valence-corrected chi connectivity index (χ0v) is 12.8. The summed E-state index contributed by atoms with van der Waals surface area (Å²) in [7, 11) is -3.18. The van der Waals surface area contributed by atoms with E-state index >= 15 is 0 Å². The quantitative estimate of drug-likeness (QED) is 0.931. The van der Waals surface area contributed by atoms with Crippen molar-refractivity contribution in [1.82, 2.24) is 9.71 Å². The van der Waals surface area contributed by atoms with E-state index < -0.39 is 10.0 Å². The van der Waals surface area contributed by atoms with Crippen LogP contribution in [0.4, 0.5) is 6.01 Å². The van der Waals surface area contributed by atoms with Gasteiger partial charge < -0.3 is 9.32 Å². The number of aromatic nitrogens is 1. The summed E-state index contributed by atoms with van der Waals surface area (Å²) >= 11 is 0. The molecule has 1 fully saturated rings. The van der Waals surface area contributed by atoms with E-state index in [0.29, 0.717) is 12.6 Å². The van der Waals surface area contributed by atoms with Crippen LogP contribution in [0.25, 0.3) is 11.1 Å². The second-order valence-corrected chi connectivity index (χ2v) is 7.26. The van der Waals surface area contributed by atoms with E-state index in [1.165, 1.54) is 6.26 Å². The van der Waals surface area contributed by atoms with Gasteiger partial charge in [0.1, 0.15) is 5.52 Å². The molecular formula is C14H19N3O3S. The first kappa shape index (κ1) is 14.3. The van der Waals surface area contributed by atoms with Crippen LogP contribution < -0.4 is 9.62 Å². The van der Waals surface area contributed by atoms with Crippen molar-refractivity contribution in [2.45, 2.75) is 25.3 Å². The number of nitrogens with zero attached hydrogens (tertiary/aromatic N) is 2. The molecule has 0 bridgehead atoms. The standard InChI is InChI=1S/C14H19N3O3S/c1-21(18,19)15-10-11-6-4-5-9-17(11)14-16-12-7-2-3-8-13(12)20-14/h2-3,7-8,11,15H,4-6,9-10H2,1H3/t11-/m1/s1. The lowest BCUT2D eigenvalue weighted by atomic mass is 10.0. The highest BCUT2D eigenvalue weighted by Gasteiger charge is 2.27. The van der Waals surface area contributed by atoms with E-state index in [2.05, 4.69) is 14.6 Å². The van der Waals surface area contributed by atoms with Gasteiger partial charge in [0.05, 0.1) is 6.26 Å². The van der Waals surface area contributed by atoms with Crippen molar-refractivity contribution in [2.24, 2.45) is 0 Å². The highest BCUT2D eigenvalue weighted by Crippen LogP contribution is 2.27. The number of benzene rings is 1. The second-order valence-electron chi connectivity index (χ2n) is 5.43. The molecule has 0 radical (unpaired) electrons. The average Bonchev–Trinajstić information content (AvgIpc) is 2.88. The van der Waals surface area contributed by atoms with Crippen LogP contribution in [0.15, 0.2) is 28.7 Å². The molecule has 7 heteroatoms. The number of piperidine rings is 1. The molecule has 1 saturated heterocycles. The molecular weight excluding hydrogens is 290 g/mol. The molecule has 1 atom stereocenters. The number of hydrogen-bond donors (Lipinski definition) is 1. The van der Waals surface area contributed by atoms with Gasteiger partial charge in [0, 0.05) is 19.1 Å². The molecule has 21 heavy (non-hydrogen) atoms. The predicted molar refractivity (Wildman–Crippen MR) is 81.8 cm³/mol. The molecule has 1 aliphatic rings. The van der Waals surface area contributed by atoms with Gasteiger partial charge in [-0.25, -0.2) is 13.1 Å². The molecule has 0 unspecified atom stereocenters. The van der Waals surface area contributed by atoms with E-state index in [1.807, 2.05) is 24.3 Å². The van der Waals surface area contributed by atoms with Crippen LogP contribution in [-0.4, -0.2) is 38.8 Å². The van der Waals surface area contributed by atoms with Gasteiger partial charge in [0.15, 0.2) is 5.58 Å². The van der Waals surface area contributed by atoms with E-state index in [1.54, 1.807) is 0 Å². The summed E-state index contributed by atoms with van der Waals surface area (Å²) in [6, 6.07) is 8.30. The number of fused-ring (bicyclic) bond motifs is 1. The Kier molecular flexibility index (Phi) is 3.86. The number of rotatable bonds is 4. The Bertz CT molecular complexity index is 693. The third-order valence-corrected chi connectivity index (χ3v) is 4.43. The molecule has 1 aliphatic heterocycles. The molecule has 1 aromatic carbocycles. The lowest BCUT2D eigenvalue weighted by Crippen LogP contribution is -2.46. The maximum Gasteiger partial charge on any atom is 0.298 e. The average molecular weight is 309 g/mol. The van der Waals surface area contributed by atoms with E-state index in [0.717, 1.165) is 36.9 Å². The van der Waals surface area contributed by atoms with Crippen LogP contribution in [0.3, 0.4) is 0 Å². The summed E-state index contributed by atoms with van der Waals surface area (Å²) in [5.41, 5.74) is 1.58. The van der Waals surface area contributed by atoms with E-state index in [-0.39, 0.29) is 6.04 Å². The van der Waals surface area contributed by atoms with Crippen molar-refractivity contribution in [2.75, 3.05) is 24.2 Å². The fourth-order valence-corrected chi connectivity index (χ4v) is 3.19. The Morgan fingerprint density at radius 1 is 1.38 bits per heavy atom. The van der Waals surface area contributed by atoms with Gasteiger partial charge in [0.25, 0.3) is 6.01 Å². The molecule has 6 nitrogen and oxygen atoms in total. The molecule has 3 rings (SSSR count). The summed E-state index contributed by atoms with van der Waals surface area (Å²) in [5.74, 6) is 0. The van der Waals surface area contributed by atoms with Gasteiger partial charge in [-0.3, -0.25) is 0 Å². The molecule has 0 aliphatic carbocycles. The number of sulfonamides is 1. The van der Waals surface area contributed by atoms with Crippen LogP contribution in [0.1, 0.15) is 19.3 Å². The van der Waals surface area contributed by atoms with Gasteiger partial charge in [-0.2, -0.15) is 4.98 Å². The van der Waals surface area contributed by atoms with E-state index in [9.17, 15) is 8.42 Å². The largest absolute Gasteiger partial charge is 0.423 e. The minimum Gasteiger partial charge on any atom is -0.423 e. The highest BCUT2D eigenvalue weighted by molar-refractivity contribution is 7.88. The Labute approximate surface area is 124 Å². The SMILES string of the molecule is CS(=O)(=O)NC[C@H]1CCCCN1c1nc2ccccc2o1. The topological polar surface area (TPSA) is 75.4 Å². The molecule has 2 heterocycles. The lowest BCUT2D eigenvalue weighted by molar-refractivity contribution is 0.420. The first-order chi connectivity index (χ1) is 10.0. The Morgan fingerprint density at radius 3 is 2.95 bits per heavy atom. The third-order valence-electron chi connectivity index (χ3n) is 3.74. The van der Waals surface area contributed by atoms with Gasteiger partial charge in [-0.15, -0.1) is 0 Å². The number of oxazole rings is 1. The Morgan fingerprint density at radius 2 is 2.19 bits per heavy atom. The lowest BCUT2D eigenvalue weighted by Gasteiger charge is -2.34.